The van der Waals surface area contributed by atoms with Crippen molar-refractivity contribution in [1.29, 1.82) is 0 Å². The van der Waals surface area contributed by atoms with Gasteiger partial charge < -0.3 is 15.4 Å². The molecule has 1 fully saturated rings. The fraction of sp³-hybridized carbons (Fsp3) is 0.923. The largest absolute Gasteiger partial charge is 0.378 e. The Bertz CT molecular complexity index is 238. The standard InChI is InChI=1S/C13H26N2O2/c1-4-10(3)12(14)13(16)15-8-6-11(7-9-15)17-5-2/h10-12H,4-9,14H2,1-3H3/t10-,12-/m0/s1. The highest BCUT2D eigenvalue weighted by molar-refractivity contribution is 5.82. The molecule has 0 aliphatic carbocycles. The van der Waals surface area contributed by atoms with Crippen LogP contribution in [0.4, 0.5) is 0 Å². The van der Waals surface area contributed by atoms with Crippen molar-refractivity contribution in [1.82, 2.24) is 4.90 Å². The first-order chi connectivity index (χ1) is 8.10. The number of rotatable bonds is 5. The number of carbonyl (C=O) groups is 1. The molecule has 100 valence electrons. The lowest BCUT2D eigenvalue weighted by Crippen LogP contribution is -2.50. The van der Waals surface area contributed by atoms with E-state index in [-0.39, 0.29) is 17.9 Å². The van der Waals surface area contributed by atoms with Crippen molar-refractivity contribution in [3.63, 3.8) is 0 Å². The van der Waals surface area contributed by atoms with Crippen LogP contribution in [0.2, 0.25) is 0 Å². The number of ether oxygens (including phenoxy) is 1. The average molecular weight is 242 g/mol. The van der Waals surface area contributed by atoms with Crippen LogP contribution in [0.15, 0.2) is 0 Å². The zero-order valence-electron chi connectivity index (χ0n) is 11.3. The number of carbonyl (C=O) groups excluding carboxylic acids is 1. The number of hydrogen-bond donors (Lipinski definition) is 1. The Morgan fingerprint density at radius 2 is 2.00 bits per heavy atom. The van der Waals surface area contributed by atoms with Gasteiger partial charge in [-0.1, -0.05) is 20.3 Å². The van der Waals surface area contributed by atoms with Crippen LogP contribution in [-0.4, -0.2) is 42.6 Å². The second-order valence-electron chi connectivity index (χ2n) is 4.89. The molecule has 2 atom stereocenters. The molecular formula is C13H26N2O2. The van der Waals surface area contributed by atoms with Crippen LogP contribution in [0.5, 0.6) is 0 Å². The van der Waals surface area contributed by atoms with E-state index in [2.05, 4.69) is 6.92 Å². The molecule has 0 saturated carbocycles. The molecule has 0 unspecified atom stereocenters. The van der Waals surface area contributed by atoms with Gasteiger partial charge >= 0.3 is 0 Å². The van der Waals surface area contributed by atoms with Crippen molar-refractivity contribution in [2.75, 3.05) is 19.7 Å². The van der Waals surface area contributed by atoms with Gasteiger partial charge in [-0.3, -0.25) is 4.79 Å². The van der Waals surface area contributed by atoms with E-state index in [4.69, 9.17) is 10.5 Å². The normalized spacial score (nSPS) is 21.3. The van der Waals surface area contributed by atoms with Crippen molar-refractivity contribution in [2.24, 2.45) is 11.7 Å². The molecular weight excluding hydrogens is 216 g/mol. The predicted octanol–water partition coefficient (Wildman–Crippen LogP) is 1.39. The average Bonchev–Trinajstić information content (AvgIpc) is 2.37. The smallest absolute Gasteiger partial charge is 0.239 e. The Morgan fingerprint density at radius 1 is 1.41 bits per heavy atom. The highest BCUT2D eigenvalue weighted by Gasteiger charge is 2.28. The molecule has 1 aliphatic heterocycles. The lowest BCUT2D eigenvalue weighted by molar-refractivity contribution is -0.136. The highest BCUT2D eigenvalue weighted by Crippen LogP contribution is 2.16. The van der Waals surface area contributed by atoms with Crippen molar-refractivity contribution >= 4 is 5.91 Å². The molecule has 0 aromatic heterocycles. The molecule has 4 nitrogen and oxygen atoms in total. The lowest BCUT2D eigenvalue weighted by Gasteiger charge is -2.34. The Morgan fingerprint density at radius 3 is 2.47 bits per heavy atom. The number of hydrogen-bond acceptors (Lipinski definition) is 3. The fourth-order valence-corrected chi connectivity index (χ4v) is 2.19. The number of piperidine rings is 1. The third-order valence-electron chi connectivity index (χ3n) is 3.70. The molecule has 17 heavy (non-hydrogen) atoms. The van der Waals surface area contributed by atoms with E-state index in [1.54, 1.807) is 0 Å². The summed E-state index contributed by atoms with van der Waals surface area (Å²) in [5.41, 5.74) is 5.97. The summed E-state index contributed by atoms with van der Waals surface area (Å²) in [4.78, 5) is 14.0. The van der Waals surface area contributed by atoms with E-state index in [0.717, 1.165) is 39.0 Å². The van der Waals surface area contributed by atoms with Gasteiger partial charge in [-0.05, 0) is 25.7 Å². The summed E-state index contributed by atoms with van der Waals surface area (Å²) in [5, 5.41) is 0. The van der Waals surface area contributed by atoms with Gasteiger partial charge in [0.05, 0.1) is 12.1 Å². The number of likely N-dealkylation sites (tertiary alicyclic amines) is 1. The minimum absolute atomic E-state index is 0.106. The summed E-state index contributed by atoms with van der Waals surface area (Å²) in [6.45, 7) is 8.44. The maximum atomic E-state index is 12.1. The fourth-order valence-electron chi connectivity index (χ4n) is 2.19. The second kappa shape index (κ2) is 6.97. The third-order valence-corrected chi connectivity index (χ3v) is 3.70. The van der Waals surface area contributed by atoms with Gasteiger partial charge in [0.1, 0.15) is 0 Å². The predicted molar refractivity (Wildman–Crippen MR) is 68.7 cm³/mol. The Hall–Kier alpha value is -0.610. The number of nitrogens with zero attached hydrogens (tertiary/aromatic N) is 1. The van der Waals surface area contributed by atoms with Crippen LogP contribution >= 0.6 is 0 Å². The summed E-state index contributed by atoms with van der Waals surface area (Å²) in [6.07, 6.45) is 3.14. The summed E-state index contributed by atoms with van der Waals surface area (Å²) in [5.74, 6) is 0.362. The molecule has 0 radical (unpaired) electrons. The van der Waals surface area contributed by atoms with Crippen molar-refractivity contribution in [3.8, 4) is 0 Å². The van der Waals surface area contributed by atoms with E-state index in [9.17, 15) is 4.79 Å². The maximum absolute atomic E-state index is 12.1. The molecule has 0 aromatic carbocycles. The quantitative estimate of drug-likeness (QED) is 0.792. The van der Waals surface area contributed by atoms with Crippen LogP contribution in [0.3, 0.4) is 0 Å². The van der Waals surface area contributed by atoms with E-state index < -0.39 is 0 Å². The van der Waals surface area contributed by atoms with Crippen molar-refractivity contribution in [2.45, 2.75) is 52.2 Å². The van der Waals surface area contributed by atoms with Crippen molar-refractivity contribution in [3.05, 3.63) is 0 Å². The molecule has 0 spiro atoms. The van der Waals surface area contributed by atoms with Crippen LogP contribution < -0.4 is 5.73 Å². The second-order valence-corrected chi connectivity index (χ2v) is 4.89. The first-order valence-electron chi connectivity index (χ1n) is 6.76. The van der Waals surface area contributed by atoms with Crippen LogP contribution in [0.25, 0.3) is 0 Å². The Kier molecular flexibility index (Phi) is 5.92. The van der Waals surface area contributed by atoms with Gasteiger partial charge in [0.2, 0.25) is 5.91 Å². The zero-order valence-corrected chi connectivity index (χ0v) is 11.3. The number of amides is 1. The lowest BCUT2D eigenvalue weighted by atomic mass is 9.97. The Balaban J connectivity index is 2.40. The first-order valence-corrected chi connectivity index (χ1v) is 6.76. The molecule has 4 heteroatoms. The highest BCUT2D eigenvalue weighted by atomic mass is 16.5. The summed E-state index contributed by atoms with van der Waals surface area (Å²) < 4.78 is 5.57. The Labute approximate surface area is 104 Å². The van der Waals surface area contributed by atoms with Gasteiger partial charge in [0, 0.05) is 19.7 Å². The van der Waals surface area contributed by atoms with Crippen LogP contribution in [0, 0.1) is 5.92 Å². The van der Waals surface area contributed by atoms with E-state index in [1.807, 2.05) is 18.7 Å². The topological polar surface area (TPSA) is 55.6 Å². The third kappa shape index (κ3) is 3.96. The molecule has 1 aliphatic rings. The van der Waals surface area contributed by atoms with E-state index in [1.165, 1.54) is 0 Å². The number of nitrogens with two attached hydrogens (primary N) is 1. The zero-order chi connectivity index (χ0) is 12.8. The van der Waals surface area contributed by atoms with Crippen LogP contribution in [-0.2, 0) is 9.53 Å². The maximum Gasteiger partial charge on any atom is 0.239 e. The molecule has 1 saturated heterocycles. The molecule has 2 N–H and O–H groups in total. The molecule has 0 bridgehead atoms. The molecule has 1 amide bonds. The van der Waals surface area contributed by atoms with Gasteiger partial charge in [0.25, 0.3) is 0 Å². The monoisotopic (exact) mass is 242 g/mol. The molecule has 0 aromatic rings. The molecule has 1 rings (SSSR count). The SMILES string of the molecule is CCOC1CCN(C(=O)[C@@H](N)[C@@H](C)CC)CC1. The molecule has 1 heterocycles. The summed E-state index contributed by atoms with van der Waals surface area (Å²) in [6, 6.07) is -0.344. The minimum Gasteiger partial charge on any atom is -0.378 e. The first kappa shape index (κ1) is 14.5. The van der Waals surface area contributed by atoms with Crippen molar-refractivity contribution < 1.29 is 9.53 Å². The van der Waals surface area contributed by atoms with Gasteiger partial charge in [-0.15, -0.1) is 0 Å². The van der Waals surface area contributed by atoms with E-state index >= 15 is 0 Å². The minimum atomic E-state index is -0.344. The summed E-state index contributed by atoms with van der Waals surface area (Å²) in [7, 11) is 0. The van der Waals surface area contributed by atoms with Gasteiger partial charge in [-0.25, -0.2) is 0 Å². The van der Waals surface area contributed by atoms with E-state index in [0.29, 0.717) is 6.10 Å². The summed E-state index contributed by atoms with van der Waals surface area (Å²) >= 11 is 0. The van der Waals surface area contributed by atoms with Gasteiger partial charge in [0.15, 0.2) is 0 Å². The van der Waals surface area contributed by atoms with Crippen LogP contribution in [0.1, 0.15) is 40.0 Å². The van der Waals surface area contributed by atoms with Gasteiger partial charge in [-0.2, -0.15) is 0 Å².